The third-order valence-electron chi connectivity index (χ3n) is 2.30. The van der Waals surface area contributed by atoms with E-state index >= 15 is 0 Å². The second kappa shape index (κ2) is 5.47. The average molecular weight is 231 g/mol. The second-order valence-corrected chi connectivity index (χ2v) is 3.88. The first-order valence-corrected chi connectivity index (χ1v) is 5.59. The smallest absolute Gasteiger partial charge is 0.185 e. The predicted octanol–water partition coefficient (Wildman–Crippen LogP) is 3.34. The van der Waals surface area contributed by atoms with E-state index in [0.29, 0.717) is 0 Å². The lowest BCUT2D eigenvalue weighted by Gasteiger charge is -1.94. The van der Waals surface area contributed by atoms with Gasteiger partial charge in [0.1, 0.15) is 0 Å². The van der Waals surface area contributed by atoms with Crippen LogP contribution in [-0.4, -0.2) is 0 Å². The topological polar surface area (TPSA) is 3.88 Å². The van der Waals surface area contributed by atoms with Crippen LogP contribution in [0.2, 0.25) is 5.15 Å². The van der Waals surface area contributed by atoms with Crippen molar-refractivity contribution in [1.82, 2.24) is 0 Å². The van der Waals surface area contributed by atoms with Gasteiger partial charge in [-0.2, -0.15) is 4.57 Å². The standard InChI is InChI=1S/C14H13ClN/c15-14-10-4-5-11-16(14)12-6-9-13-7-2-1-3-8-13/h1-11H,12H2/q+1. The van der Waals surface area contributed by atoms with Crippen LogP contribution in [0.15, 0.2) is 60.8 Å². The van der Waals surface area contributed by atoms with Crippen LogP contribution in [0.1, 0.15) is 5.56 Å². The van der Waals surface area contributed by atoms with E-state index in [4.69, 9.17) is 11.6 Å². The highest BCUT2D eigenvalue weighted by Crippen LogP contribution is 2.02. The molecule has 0 N–H and O–H groups in total. The van der Waals surface area contributed by atoms with Gasteiger partial charge in [-0.05, 0) is 29.3 Å². The number of benzene rings is 1. The number of halogens is 1. The molecule has 2 heteroatoms. The lowest BCUT2D eigenvalue weighted by atomic mass is 10.2. The Hall–Kier alpha value is -1.60. The highest BCUT2D eigenvalue weighted by molar-refractivity contribution is 6.28. The molecule has 0 aliphatic heterocycles. The van der Waals surface area contributed by atoms with E-state index < -0.39 is 0 Å². The lowest BCUT2D eigenvalue weighted by molar-refractivity contribution is -0.684. The number of rotatable bonds is 3. The number of nitrogens with zero attached hydrogens (tertiary/aromatic N) is 1. The molecule has 0 amide bonds. The molecule has 0 unspecified atom stereocenters. The molecule has 16 heavy (non-hydrogen) atoms. The van der Waals surface area contributed by atoms with Crippen molar-refractivity contribution in [3.8, 4) is 0 Å². The first kappa shape index (κ1) is 10.9. The van der Waals surface area contributed by atoms with Crippen LogP contribution in [0.4, 0.5) is 0 Å². The van der Waals surface area contributed by atoms with Gasteiger partial charge in [0.2, 0.25) is 0 Å². The first-order chi connectivity index (χ1) is 7.86. The normalized spacial score (nSPS) is 10.8. The summed E-state index contributed by atoms with van der Waals surface area (Å²) in [5.41, 5.74) is 1.20. The zero-order valence-electron chi connectivity index (χ0n) is 8.88. The van der Waals surface area contributed by atoms with Crippen molar-refractivity contribution in [3.63, 3.8) is 0 Å². The highest BCUT2D eigenvalue weighted by Gasteiger charge is 2.02. The number of pyridine rings is 1. The Morgan fingerprint density at radius 2 is 1.75 bits per heavy atom. The molecule has 2 rings (SSSR count). The van der Waals surface area contributed by atoms with Gasteiger partial charge in [-0.25, -0.2) is 0 Å². The summed E-state index contributed by atoms with van der Waals surface area (Å²) >= 11 is 6.04. The zero-order valence-corrected chi connectivity index (χ0v) is 9.64. The van der Waals surface area contributed by atoms with Gasteiger partial charge in [0, 0.05) is 12.1 Å². The van der Waals surface area contributed by atoms with Crippen LogP contribution in [-0.2, 0) is 6.54 Å². The summed E-state index contributed by atoms with van der Waals surface area (Å²) < 4.78 is 1.99. The maximum atomic E-state index is 6.04. The van der Waals surface area contributed by atoms with Gasteiger partial charge in [-0.3, -0.25) is 0 Å². The van der Waals surface area contributed by atoms with Crippen LogP contribution in [0.25, 0.3) is 6.08 Å². The summed E-state index contributed by atoms with van der Waals surface area (Å²) in [6.45, 7) is 0.786. The fourth-order valence-corrected chi connectivity index (χ4v) is 1.67. The van der Waals surface area contributed by atoms with E-state index in [1.165, 1.54) is 5.56 Å². The van der Waals surface area contributed by atoms with Gasteiger partial charge >= 0.3 is 0 Å². The molecule has 0 radical (unpaired) electrons. The summed E-state index contributed by atoms with van der Waals surface area (Å²) in [5, 5.41) is 0.750. The summed E-state index contributed by atoms with van der Waals surface area (Å²) in [6.07, 6.45) is 6.16. The minimum absolute atomic E-state index is 0.750. The maximum Gasteiger partial charge on any atom is 0.275 e. The molecule has 1 aromatic carbocycles. The average Bonchev–Trinajstić information content (AvgIpc) is 2.33. The molecule has 1 aromatic heterocycles. The minimum Gasteiger partial charge on any atom is -0.185 e. The van der Waals surface area contributed by atoms with E-state index in [0.717, 1.165) is 11.7 Å². The quantitative estimate of drug-likeness (QED) is 0.563. The van der Waals surface area contributed by atoms with E-state index in [1.807, 2.05) is 47.2 Å². The van der Waals surface area contributed by atoms with Gasteiger partial charge in [0.25, 0.3) is 5.15 Å². The second-order valence-electron chi connectivity index (χ2n) is 3.49. The molecule has 0 saturated heterocycles. The van der Waals surface area contributed by atoms with Crippen molar-refractivity contribution < 1.29 is 4.57 Å². The lowest BCUT2D eigenvalue weighted by Crippen LogP contribution is -2.33. The van der Waals surface area contributed by atoms with Crippen molar-refractivity contribution in [1.29, 1.82) is 0 Å². The Kier molecular flexibility index (Phi) is 3.73. The number of allylic oxidation sites excluding steroid dienone is 1. The van der Waals surface area contributed by atoms with E-state index in [2.05, 4.69) is 24.3 Å². The van der Waals surface area contributed by atoms with E-state index in [9.17, 15) is 0 Å². The van der Waals surface area contributed by atoms with Crippen LogP contribution in [0.3, 0.4) is 0 Å². The monoisotopic (exact) mass is 230 g/mol. The molecule has 1 heterocycles. The molecule has 0 saturated carbocycles. The fourth-order valence-electron chi connectivity index (χ4n) is 1.47. The largest absolute Gasteiger partial charge is 0.275 e. The van der Waals surface area contributed by atoms with Crippen LogP contribution in [0.5, 0.6) is 0 Å². The SMILES string of the molecule is Clc1cccc[n+]1CC=Cc1ccccc1. The summed E-state index contributed by atoms with van der Waals surface area (Å²) in [7, 11) is 0. The van der Waals surface area contributed by atoms with Crippen molar-refractivity contribution >= 4 is 17.7 Å². The van der Waals surface area contributed by atoms with Crippen LogP contribution in [0, 0.1) is 0 Å². The minimum atomic E-state index is 0.750. The number of aromatic nitrogens is 1. The molecule has 0 aliphatic rings. The van der Waals surface area contributed by atoms with E-state index in [-0.39, 0.29) is 0 Å². The first-order valence-electron chi connectivity index (χ1n) is 5.22. The van der Waals surface area contributed by atoms with Crippen molar-refractivity contribution in [2.45, 2.75) is 6.54 Å². The summed E-state index contributed by atoms with van der Waals surface area (Å²) in [6, 6.07) is 16.0. The maximum absolute atomic E-state index is 6.04. The Morgan fingerprint density at radius 3 is 2.50 bits per heavy atom. The van der Waals surface area contributed by atoms with Gasteiger partial charge in [0.15, 0.2) is 12.7 Å². The van der Waals surface area contributed by atoms with Crippen molar-refractivity contribution in [3.05, 3.63) is 71.5 Å². The van der Waals surface area contributed by atoms with Crippen LogP contribution < -0.4 is 4.57 Å². The molecular formula is C14H13ClN+. The zero-order chi connectivity index (χ0) is 11.2. The van der Waals surface area contributed by atoms with Crippen LogP contribution >= 0.6 is 11.6 Å². The Morgan fingerprint density at radius 1 is 1.00 bits per heavy atom. The third kappa shape index (κ3) is 2.94. The molecule has 0 bridgehead atoms. The van der Waals surface area contributed by atoms with Crippen molar-refractivity contribution in [2.24, 2.45) is 0 Å². The van der Waals surface area contributed by atoms with Gasteiger partial charge in [-0.15, -0.1) is 0 Å². The van der Waals surface area contributed by atoms with E-state index in [1.54, 1.807) is 0 Å². The fraction of sp³-hybridized carbons (Fsp3) is 0.0714. The molecule has 0 fully saturated rings. The highest BCUT2D eigenvalue weighted by atomic mass is 35.5. The Labute approximate surface area is 101 Å². The predicted molar refractivity (Wildman–Crippen MR) is 67.1 cm³/mol. The molecule has 0 aliphatic carbocycles. The molecule has 0 atom stereocenters. The summed E-state index contributed by atoms with van der Waals surface area (Å²) in [4.78, 5) is 0. The molecule has 0 spiro atoms. The molecular weight excluding hydrogens is 218 g/mol. The van der Waals surface area contributed by atoms with Gasteiger partial charge < -0.3 is 0 Å². The molecule has 2 aromatic rings. The Balaban J connectivity index is 2.03. The summed E-state index contributed by atoms with van der Waals surface area (Å²) in [5.74, 6) is 0. The Bertz CT molecular complexity index is 477. The number of hydrogen-bond acceptors (Lipinski definition) is 0. The molecule has 1 nitrogen and oxygen atoms in total. The van der Waals surface area contributed by atoms with Gasteiger partial charge in [0.05, 0.1) is 0 Å². The van der Waals surface area contributed by atoms with Crippen molar-refractivity contribution in [2.75, 3.05) is 0 Å². The number of hydrogen-bond donors (Lipinski definition) is 0. The van der Waals surface area contributed by atoms with Gasteiger partial charge in [-0.1, -0.05) is 36.4 Å². The third-order valence-corrected chi connectivity index (χ3v) is 2.64. The molecule has 80 valence electrons.